The number of nitrogens with one attached hydrogen (secondary N) is 1. The molecule has 3 nitrogen and oxygen atoms in total. The molecule has 0 fully saturated rings. The van der Waals surface area contributed by atoms with Crippen molar-refractivity contribution >= 4 is 0 Å². The maximum Gasteiger partial charge on any atom is 0.0492 e. The predicted octanol–water partition coefficient (Wildman–Crippen LogP) is 1.60. The minimum Gasteiger partial charge on any atom is -0.319 e. The van der Waals surface area contributed by atoms with Gasteiger partial charge >= 0.3 is 0 Å². The Balaban J connectivity index is 2.35. The molecule has 0 aliphatic rings. The normalized spacial score (nSPS) is 13.1. The van der Waals surface area contributed by atoms with Crippen molar-refractivity contribution in [2.45, 2.75) is 26.2 Å². The molecule has 0 saturated heterocycles. The van der Waals surface area contributed by atoms with Crippen LogP contribution in [0.4, 0.5) is 0 Å². The quantitative estimate of drug-likeness (QED) is 0.747. The highest BCUT2D eigenvalue weighted by Crippen LogP contribution is 2.11. The number of aryl methyl sites for hydroxylation is 2. The second-order valence-electron chi connectivity index (χ2n) is 3.82. The zero-order valence-electron chi connectivity index (χ0n) is 9.45. The minimum absolute atomic E-state index is 0.787. The minimum atomic E-state index is 0.787. The van der Waals surface area contributed by atoms with Crippen molar-refractivity contribution in [2.24, 2.45) is 13.0 Å². The van der Waals surface area contributed by atoms with Crippen LogP contribution in [0.25, 0.3) is 0 Å². The van der Waals surface area contributed by atoms with Crippen LogP contribution in [-0.4, -0.2) is 23.4 Å². The molecule has 0 aliphatic heterocycles. The fourth-order valence-electron chi connectivity index (χ4n) is 1.74. The summed E-state index contributed by atoms with van der Waals surface area (Å²) in [7, 11) is 4.03. The van der Waals surface area contributed by atoms with E-state index >= 15 is 0 Å². The van der Waals surface area contributed by atoms with E-state index in [-0.39, 0.29) is 0 Å². The Kier molecular flexibility index (Phi) is 4.66. The first kappa shape index (κ1) is 11.2. The van der Waals surface area contributed by atoms with E-state index < -0.39 is 0 Å². The van der Waals surface area contributed by atoms with Crippen LogP contribution in [0.1, 0.15) is 25.5 Å². The highest BCUT2D eigenvalue weighted by molar-refractivity contribution is 4.99. The monoisotopic (exact) mass is 195 g/mol. The lowest BCUT2D eigenvalue weighted by molar-refractivity contribution is 0.444. The zero-order valence-corrected chi connectivity index (χ0v) is 9.45. The number of nitrogens with zero attached hydrogens (tertiary/aromatic N) is 2. The van der Waals surface area contributed by atoms with Crippen molar-refractivity contribution in [2.75, 3.05) is 13.6 Å². The van der Waals surface area contributed by atoms with Gasteiger partial charge in [-0.1, -0.05) is 13.3 Å². The first-order chi connectivity index (χ1) is 6.77. The SMILES string of the molecule is CCC(CCc1ccnn1C)CNC. The predicted molar refractivity (Wildman–Crippen MR) is 59.2 cm³/mol. The Morgan fingerprint density at radius 3 is 2.86 bits per heavy atom. The van der Waals surface area contributed by atoms with Crippen LogP contribution in [0, 0.1) is 5.92 Å². The van der Waals surface area contributed by atoms with E-state index in [0.717, 1.165) is 18.9 Å². The van der Waals surface area contributed by atoms with Gasteiger partial charge in [-0.05, 0) is 38.4 Å². The summed E-state index contributed by atoms with van der Waals surface area (Å²) in [6, 6.07) is 2.10. The summed E-state index contributed by atoms with van der Waals surface area (Å²) in [6.07, 6.45) is 5.50. The molecular formula is C11H21N3. The highest BCUT2D eigenvalue weighted by Gasteiger charge is 2.06. The van der Waals surface area contributed by atoms with E-state index in [0.29, 0.717) is 0 Å². The number of rotatable bonds is 6. The van der Waals surface area contributed by atoms with Gasteiger partial charge in [-0.3, -0.25) is 4.68 Å². The molecule has 1 heterocycles. The fraction of sp³-hybridized carbons (Fsp3) is 0.727. The van der Waals surface area contributed by atoms with Gasteiger partial charge in [-0.15, -0.1) is 0 Å². The van der Waals surface area contributed by atoms with E-state index in [9.17, 15) is 0 Å². The van der Waals surface area contributed by atoms with Crippen LogP contribution in [0.2, 0.25) is 0 Å². The van der Waals surface area contributed by atoms with Crippen molar-refractivity contribution in [3.8, 4) is 0 Å². The summed E-state index contributed by atoms with van der Waals surface area (Å²) >= 11 is 0. The standard InChI is InChI=1S/C11H21N3/c1-4-10(9-12-2)5-6-11-7-8-13-14(11)3/h7-8,10,12H,4-6,9H2,1-3H3. The summed E-state index contributed by atoms with van der Waals surface area (Å²) in [5.41, 5.74) is 1.33. The van der Waals surface area contributed by atoms with E-state index in [1.165, 1.54) is 18.5 Å². The van der Waals surface area contributed by atoms with E-state index in [4.69, 9.17) is 0 Å². The average molecular weight is 195 g/mol. The largest absolute Gasteiger partial charge is 0.319 e. The maximum absolute atomic E-state index is 4.17. The van der Waals surface area contributed by atoms with Gasteiger partial charge in [0.25, 0.3) is 0 Å². The third kappa shape index (κ3) is 3.14. The van der Waals surface area contributed by atoms with Crippen LogP contribution < -0.4 is 5.32 Å². The van der Waals surface area contributed by atoms with Gasteiger partial charge in [0.1, 0.15) is 0 Å². The zero-order chi connectivity index (χ0) is 10.4. The van der Waals surface area contributed by atoms with Gasteiger partial charge in [0.2, 0.25) is 0 Å². The lowest BCUT2D eigenvalue weighted by Gasteiger charge is -2.13. The van der Waals surface area contributed by atoms with Crippen LogP contribution in [0.15, 0.2) is 12.3 Å². The van der Waals surface area contributed by atoms with Crippen LogP contribution in [0.5, 0.6) is 0 Å². The first-order valence-electron chi connectivity index (χ1n) is 5.39. The van der Waals surface area contributed by atoms with Crippen LogP contribution in [0.3, 0.4) is 0 Å². The lowest BCUT2D eigenvalue weighted by atomic mass is 9.99. The fourth-order valence-corrected chi connectivity index (χ4v) is 1.74. The molecule has 1 aromatic heterocycles. The van der Waals surface area contributed by atoms with E-state index in [1.54, 1.807) is 0 Å². The molecule has 0 aromatic carbocycles. The third-order valence-corrected chi connectivity index (χ3v) is 2.80. The van der Waals surface area contributed by atoms with Crippen molar-refractivity contribution in [3.05, 3.63) is 18.0 Å². The van der Waals surface area contributed by atoms with E-state index in [1.807, 2.05) is 25.0 Å². The maximum atomic E-state index is 4.17. The second-order valence-corrected chi connectivity index (χ2v) is 3.82. The number of aromatic nitrogens is 2. The highest BCUT2D eigenvalue weighted by atomic mass is 15.2. The summed E-state index contributed by atoms with van der Waals surface area (Å²) in [5.74, 6) is 0.787. The second kappa shape index (κ2) is 5.81. The average Bonchev–Trinajstić information content (AvgIpc) is 2.59. The Bertz CT molecular complexity index is 255. The smallest absolute Gasteiger partial charge is 0.0492 e. The summed E-state index contributed by atoms with van der Waals surface area (Å²) in [6.45, 7) is 3.37. The van der Waals surface area contributed by atoms with Crippen LogP contribution >= 0.6 is 0 Å². The molecule has 0 spiro atoms. The van der Waals surface area contributed by atoms with Crippen molar-refractivity contribution in [1.29, 1.82) is 0 Å². The molecule has 1 N–H and O–H groups in total. The summed E-state index contributed by atoms with van der Waals surface area (Å²) in [4.78, 5) is 0. The number of hydrogen-bond acceptors (Lipinski definition) is 2. The number of hydrogen-bond donors (Lipinski definition) is 1. The van der Waals surface area contributed by atoms with Crippen molar-refractivity contribution in [1.82, 2.24) is 15.1 Å². The molecular weight excluding hydrogens is 174 g/mol. The first-order valence-corrected chi connectivity index (χ1v) is 5.39. The molecule has 1 atom stereocenters. The Hall–Kier alpha value is -0.830. The molecule has 1 rings (SSSR count). The molecule has 14 heavy (non-hydrogen) atoms. The van der Waals surface area contributed by atoms with Crippen molar-refractivity contribution in [3.63, 3.8) is 0 Å². The molecule has 0 radical (unpaired) electrons. The Morgan fingerprint density at radius 1 is 1.57 bits per heavy atom. The van der Waals surface area contributed by atoms with Crippen molar-refractivity contribution < 1.29 is 0 Å². The van der Waals surface area contributed by atoms with Gasteiger partial charge in [-0.25, -0.2) is 0 Å². The van der Waals surface area contributed by atoms with Gasteiger partial charge in [0.05, 0.1) is 0 Å². The molecule has 1 unspecified atom stereocenters. The van der Waals surface area contributed by atoms with Gasteiger partial charge < -0.3 is 5.32 Å². The molecule has 0 aliphatic carbocycles. The Labute approximate surface area is 86.5 Å². The van der Waals surface area contributed by atoms with E-state index in [2.05, 4.69) is 23.4 Å². The molecule has 0 bridgehead atoms. The topological polar surface area (TPSA) is 29.9 Å². The molecule has 0 saturated carbocycles. The van der Waals surface area contributed by atoms with Gasteiger partial charge in [0, 0.05) is 18.9 Å². The van der Waals surface area contributed by atoms with Gasteiger partial charge in [-0.2, -0.15) is 5.10 Å². The molecule has 1 aromatic rings. The summed E-state index contributed by atoms with van der Waals surface area (Å²) < 4.78 is 1.96. The van der Waals surface area contributed by atoms with Gasteiger partial charge in [0.15, 0.2) is 0 Å². The molecule has 0 amide bonds. The molecule has 80 valence electrons. The Morgan fingerprint density at radius 2 is 2.36 bits per heavy atom. The third-order valence-electron chi connectivity index (χ3n) is 2.80. The van der Waals surface area contributed by atoms with Crippen LogP contribution in [-0.2, 0) is 13.5 Å². The lowest BCUT2D eigenvalue weighted by Crippen LogP contribution is -2.19. The molecule has 3 heteroatoms. The summed E-state index contributed by atoms with van der Waals surface area (Å²) in [5, 5.41) is 7.41.